The van der Waals surface area contributed by atoms with Gasteiger partial charge >= 0.3 is 6.18 Å². The smallest absolute Gasteiger partial charge is 0.417 e. The van der Waals surface area contributed by atoms with Crippen molar-refractivity contribution in [2.75, 3.05) is 10.6 Å². The number of carbonyl (C=O) groups excluding carboxylic acids is 1. The molecular formula is C18H13ClF3N3O2. The first-order valence-electron chi connectivity index (χ1n) is 7.46. The predicted molar refractivity (Wildman–Crippen MR) is 95.2 cm³/mol. The van der Waals surface area contributed by atoms with Gasteiger partial charge in [-0.25, -0.2) is 0 Å². The maximum atomic E-state index is 12.9. The Hall–Kier alpha value is -3.18. The summed E-state index contributed by atoms with van der Waals surface area (Å²) >= 11 is 5.54. The molecule has 0 aliphatic heterocycles. The third kappa shape index (κ3) is 5.15. The van der Waals surface area contributed by atoms with Gasteiger partial charge in [-0.1, -0.05) is 11.6 Å². The van der Waals surface area contributed by atoms with E-state index in [0.29, 0.717) is 11.3 Å². The summed E-state index contributed by atoms with van der Waals surface area (Å²) in [5.41, 5.74) is -0.435. The fourth-order valence-corrected chi connectivity index (χ4v) is 2.34. The lowest BCUT2D eigenvalue weighted by Gasteiger charge is -2.11. The number of carbonyl (C=O) groups is 1. The molecule has 0 aliphatic carbocycles. The molecule has 0 radical (unpaired) electrons. The lowest BCUT2D eigenvalue weighted by molar-refractivity contribution is -0.137. The number of amides is 1. The maximum absolute atomic E-state index is 12.9. The first-order valence-corrected chi connectivity index (χ1v) is 7.84. The van der Waals surface area contributed by atoms with Gasteiger partial charge in [-0.2, -0.15) is 18.4 Å². The molecule has 0 saturated heterocycles. The second-order valence-electron chi connectivity index (χ2n) is 5.46. The van der Waals surface area contributed by atoms with Crippen LogP contribution in [-0.4, -0.2) is 11.0 Å². The lowest BCUT2D eigenvalue weighted by Crippen LogP contribution is -2.15. The van der Waals surface area contributed by atoms with Crippen molar-refractivity contribution in [3.05, 3.63) is 64.3 Å². The van der Waals surface area contributed by atoms with Crippen LogP contribution in [0.4, 0.5) is 24.5 Å². The quantitative estimate of drug-likeness (QED) is 0.393. The number of hydrogen-bond acceptors (Lipinski definition) is 4. The number of nitriles is 1. The second kappa shape index (κ2) is 8.01. The van der Waals surface area contributed by atoms with E-state index in [1.54, 1.807) is 13.0 Å². The van der Waals surface area contributed by atoms with Gasteiger partial charge in [0.05, 0.1) is 10.6 Å². The Bertz CT molecular complexity index is 950. The first-order chi connectivity index (χ1) is 12.6. The molecule has 5 nitrogen and oxygen atoms in total. The van der Waals surface area contributed by atoms with Gasteiger partial charge in [0.25, 0.3) is 5.91 Å². The third-order valence-electron chi connectivity index (χ3n) is 3.48. The van der Waals surface area contributed by atoms with E-state index in [0.717, 1.165) is 18.3 Å². The molecule has 0 aliphatic rings. The largest absolute Gasteiger partial charge is 0.508 e. The van der Waals surface area contributed by atoms with E-state index in [9.17, 15) is 23.1 Å². The van der Waals surface area contributed by atoms with Gasteiger partial charge in [-0.05, 0) is 48.9 Å². The van der Waals surface area contributed by atoms with Crippen LogP contribution >= 0.6 is 11.6 Å². The fourth-order valence-electron chi connectivity index (χ4n) is 2.11. The molecule has 2 aromatic rings. The zero-order valence-corrected chi connectivity index (χ0v) is 14.6. The van der Waals surface area contributed by atoms with Crippen LogP contribution in [0.3, 0.4) is 0 Å². The Morgan fingerprint density at radius 1 is 1.26 bits per heavy atom. The Kier molecular flexibility index (Phi) is 5.98. The van der Waals surface area contributed by atoms with Crippen LogP contribution in [0.1, 0.15) is 11.1 Å². The van der Waals surface area contributed by atoms with Crippen LogP contribution in [-0.2, 0) is 11.0 Å². The molecule has 0 bridgehead atoms. The SMILES string of the molecule is Cc1cc(O)ccc1NC(=O)/C(C#N)=C\Nc1ccc(Cl)c(C(F)(F)F)c1. The number of phenols is 1. The summed E-state index contributed by atoms with van der Waals surface area (Å²) in [5.74, 6) is -0.741. The molecule has 27 heavy (non-hydrogen) atoms. The van der Waals surface area contributed by atoms with E-state index in [4.69, 9.17) is 16.9 Å². The Balaban J connectivity index is 2.19. The highest BCUT2D eigenvalue weighted by molar-refractivity contribution is 6.31. The van der Waals surface area contributed by atoms with Crippen LogP contribution < -0.4 is 10.6 Å². The van der Waals surface area contributed by atoms with E-state index in [1.165, 1.54) is 24.3 Å². The van der Waals surface area contributed by atoms with Crippen LogP contribution in [0, 0.1) is 18.3 Å². The highest BCUT2D eigenvalue weighted by atomic mass is 35.5. The molecule has 0 heterocycles. The van der Waals surface area contributed by atoms with Crippen molar-refractivity contribution in [2.45, 2.75) is 13.1 Å². The zero-order chi connectivity index (χ0) is 20.2. The Labute approximate surface area is 157 Å². The van der Waals surface area contributed by atoms with Crippen molar-refractivity contribution >= 4 is 28.9 Å². The normalized spacial score (nSPS) is 11.6. The van der Waals surface area contributed by atoms with Crippen molar-refractivity contribution in [3.63, 3.8) is 0 Å². The highest BCUT2D eigenvalue weighted by Crippen LogP contribution is 2.36. The van der Waals surface area contributed by atoms with E-state index in [-0.39, 0.29) is 17.0 Å². The number of halogens is 4. The molecule has 0 spiro atoms. The van der Waals surface area contributed by atoms with Crippen molar-refractivity contribution < 1.29 is 23.1 Å². The van der Waals surface area contributed by atoms with Gasteiger partial charge in [0, 0.05) is 17.6 Å². The van der Waals surface area contributed by atoms with E-state index in [1.807, 2.05) is 0 Å². The molecule has 2 rings (SSSR count). The Morgan fingerprint density at radius 3 is 2.56 bits per heavy atom. The number of aryl methyl sites for hydroxylation is 1. The number of alkyl halides is 3. The van der Waals surface area contributed by atoms with E-state index < -0.39 is 22.7 Å². The van der Waals surface area contributed by atoms with Gasteiger partial charge in [0.1, 0.15) is 17.4 Å². The maximum Gasteiger partial charge on any atom is 0.417 e. The molecule has 3 N–H and O–H groups in total. The standard InChI is InChI=1S/C18H13ClF3N3O2/c1-10-6-13(26)3-5-16(10)25-17(27)11(8-23)9-24-12-2-4-15(19)14(7-12)18(20,21)22/h2-7,9,24,26H,1H3,(H,25,27)/b11-9-. The summed E-state index contributed by atoms with van der Waals surface area (Å²) in [6, 6.07) is 9.04. The number of phenolic OH excluding ortho intramolecular Hbond substituents is 1. The zero-order valence-electron chi connectivity index (χ0n) is 13.9. The number of benzene rings is 2. The summed E-state index contributed by atoms with van der Waals surface area (Å²) in [7, 11) is 0. The third-order valence-corrected chi connectivity index (χ3v) is 3.81. The van der Waals surface area contributed by atoms with Crippen molar-refractivity contribution in [3.8, 4) is 11.8 Å². The number of nitrogens with zero attached hydrogens (tertiary/aromatic N) is 1. The van der Waals surface area contributed by atoms with Gasteiger partial charge < -0.3 is 15.7 Å². The minimum Gasteiger partial charge on any atom is -0.508 e. The molecule has 0 unspecified atom stereocenters. The van der Waals surface area contributed by atoms with Gasteiger partial charge in [-0.15, -0.1) is 0 Å². The van der Waals surface area contributed by atoms with Gasteiger partial charge in [-0.3, -0.25) is 4.79 Å². The number of anilines is 2. The fraction of sp³-hybridized carbons (Fsp3) is 0.111. The molecule has 0 aromatic heterocycles. The predicted octanol–water partition coefficient (Wildman–Crippen LogP) is 4.83. The minimum absolute atomic E-state index is 0.00749. The average Bonchev–Trinajstić information content (AvgIpc) is 2.58. The molecule has 0 atom stereocenters. The Morgan fingerprint density at radius 2 is 1.96 bits per heavy atom. The van der Waals surface area contributed by atoms with Crippen molar-refractivity contribution in [2.24, 2.45) is 0 Å². The van der Waals surface area contributed by atoms with Crippen molar-refractivity contribution in [1.29, 1.82) is 5.26 Å². The minimum atomic E-state index is -4.63. The molecule has 1 amide bonds. The van der Waals surface area contributed by atoms with Gasteiger partial charge in [0.2, 0.25) is 0 Å². The summed E-state index contributed by atoms with van der Waals surface area (Å²) < 4.78 is 38.6. The van der Waals surface area contributed by atoms with E-state index >= 15 is 0 Å². The first kappa shape index (κ1) is 20.1. The molecular weight excluding hydrogens is 383 g/mol. The lowest BCUT2D eigenvalue weighted by atomic mass is 10.1. The molecule has 140 valence electrons. The molecule has 2 aromatic carbocycles. The number of rotatable bonds is 4. The van der Waals surface area contributed by atoms with Crippen LogP contribution in [0.15, 0.2) is 48.2 Å². The summed E-state index contributed by atoms with van der Waals surface area (Å²) in [6.45, 7) is 1.65. The van der Waals surface area contributed by atoms with Crippen LogP contribution in [0.5, 0.6) is 5.75 Å². The second-order valence-corrected chi connectivity index (χ2v) is 5.87. The molecule has 0 saturated carbocycles. The van der Waals surface area contributed by atoms with Crippen LogP contribution in [0.25, 0.3) is 0 Å². The summed E-state index contributed by atoms with van der Waals surface area (Å²) in [4.78, 5) is 12.2. The molecule has 9 heteroatoms. The molecule has 0 fully saturated rings. The number of hydrogen-bond donors (Lipinski definition) is 3. The number of aromatic hydroxyl groups is 1. The number of nitrogens with one attached hydrogen (secondary N) is 2. The van der Waals surface area contributed by atoms with Crippen molar-refractivity contribution in [1.82, 2.24) is 0 Å². The van der Waals surface area contributed by atoms with E-state index in [2.05, 4.69) is 10.6 Å². The summed E-state index contributed by atoms with van der Waals surface area (Å²) in [6.07, 6.45) is -3.64. The monoisotopic (exact) mass is 395 g/mol. The average molecular weight is 396 g/mol. The summed E-state index contributed by atoms with van der Waals surface area (Å²) in [5, 5.41) is 23.0. The van der Waals surface area contributed by atoms with Crippen LogP contribution in [0.2, 0.25) is 5.02 Å². The highest BCUT2D eigenvalue weighted by Gasteiger charge is 2.33. The topological polar surface area (TPSA) is 85.2 Å². The van der Waals surface area contributed by atoms with Gasteiger partial charge in [0.15, 0.2) is 0 Å².